The number of benzene rings is 2. The van der Waals surface area contributed by atoms with E-state index in [0.29, 0.717) is 11.7 Å². The van der Waals surface area contributed by atoms with Crippen LogP contribution < -0.4 is 16.0 Å². The maximum Gasteiger partial charge on any atom is 0.243 e. The second-order valence-electron chi connectivity index (χ2n) is 4.70. The molecular formula is C16H15F2N3OS. The first-order chi connectivity index (χ1) is 11.0. The average Bonchev–Trinajstić information content (AvgIpc) is 2.55. The van der Waals surface area contributed by atoms with Crippen LogP contribution in [-0.2, 0) is 11.3 Å². The molecule has 0 unspecified atom stereocenters. The van der Waals surface area contributed by atoms with Crippen molar-refractivity contribution in [3.05, 3.63) is 65.7 Å². The van der Waals surface area contributed by atoms with E-state index in [2.05, 4.69) is 16.0 Å². The third-order valence-corrected chi connectivity index (χ3v) is 3.20. The highest BCUT2D eigenvalue weighted by atomic mass is 32.1. The molecule has 0 saturated heterocycles. The zero-order valence-electron chi connectivity index (χ0n) is 12.1. The van der Waals surface area contributed by atoms with Crippen molar-refractivity contribution in [2.24, 2.45) is 0 Å². The van der Waals surface area contributed by atoms with Crippen LogP contribution in [-0.4, -0.2) is 17.6 Å². The van der Waals surface area contributed by atoms with Gasteiger partial charge in [0, 0.05) is 18.3 Å². The lowest BCUT2D eigenvalue weighted by Gasteiger charge is -2.11. The summed E-state index contributed by atoms with van der Waals surface area (Å²) in [4.78, 5) is 11.7. The molecule has 0 aliphatic carbocycles. The third-order valence-electron chi connectivity index (χ3n) is 2.91. The molecule has 0 fully saturated rings. The number of anilines is 1. The predicted octanol–water partition coefficient (Wildman–Crippen LogP) is 2.57. The van der Waals surface area contributed by atoms with Gasteiger partial charge in [-0.05, 0) is 29.9 Å². The van der Waals surface area contributed by atoms with Crippen LogP contribution in [0.25, 0.3) is 0 Å². The van der Waals surface area contributed by atoms with Crippen molar-refractivity contribution in [1.29, 1.82) is 0 Å². The molecule has 7 heteroatoms. The van der Waals surface area contributed by atoms with Crippen LogP contribution in [0.1, 0.15) is 5.56 Å². The summed E-state index contributed by atoms with van der Waals surface area (Å²) in [6, 6.07) is 12.8. The van der Waals surface area contributed by atoms with Gasteiger partial charge < -0.3 is 16.0 Å². The Bertz CT molecular complexity index is 695. The summed E-state index contributed by atoms with van der Waals surface area (Å²) in [6.45, 7) is 0.455. The van der Waals surface area contributed by atoms with Crippen LogP contribution in [0.2, 0.25) is 0 Å². The first kappa shape index (κ1) is 16.8. The molecule has 4 nitrogen and oxygen atoms in total. The summed E-state index contributed by atoms with van der Waals surface area (Å²) in [6.07, 6.45) is 0. The van der Waals surface area contributed by atoms with Gasteiger partial charge in [-0.2, -0.15) is 0 Å². The topological polar surface area (TPSA) is 53.2 Å². The van der Waals surface area contributed by atoms with Crippen molar-refractivity contribution in [3.8, 4) is 0 Å². The smallest absolute Gasteiger partial charge is 0.243 e. The monoisotopic (exact) mass is 335 g/mol. The van der Waals surface area contributed by atoms with Crippen LogP contribution in [0.3, 0.4) is 0 Å². The highest BCUT2D eigenvalue weighted by molar-refractivity contribution is 7.80. The Morgan fingerprint density at radius 1 is 1.00 bits per heavy atom. The number of hydrogen-bond acceptors (Lipinski definition) is 2. The lowest BCUT2D eigenvalue weighted by Crippen LogP contribution is -2.39. The fourth-order valence-electron chi connectivity index (χ4n) is 1.78. The van der Waals surface area contributed by atoms with Gasteiger partial charge in [0.1, 0.15) is 0 Å². The van der Waals surface area contributed by atoms with Crippen molar-refractivity contribution < 1.29 is 13.6 Å². The van der Waals surface area contributed by atoms with Gasteiger partial charge in [0.2, 0.25) is 5.91 Å². The van der Waals surface area contributed by atoms with Crippen LogP contribution in [0.5, 0.6) is 0 Å². The molecule has 0 aromatic heterocycles. The van der Waals surface area contributed by atoms with E-state index in [-0.39, 0.29) is 12.2 Å². The molecule has 0 radical (unpaired) electrons. The van der Waals surface area contributed by atoms with E-state index in [1.54, 1.807) is 0 Å². The molecule has 0 saturated carbocycles. The van der Waals surface area contributed by atoms with Gasteiger partial charge in [-0.3, -0.25) is 4.79 Å². The van der Waals surface area contributed by atoms with Gasteiger partial charge >= 0.3 is 0 Å². The van der Waals surface area contributed by atoms with Crippen molar-refractivity contribution in [2.45, 2.75) is 6.54 Å². The Morgan fingerprint density at radius 2 is 1.74 bits per heavy atom. The molecule has 0 spiro atoms. The molecule has 23 heavy (non-hydrogen) atoms. The number of carbonyl (C=O) groups is 1. The molecular weight excluding hydrogens is 320 g/mol. The predicted molar refractivity (Wildman–Crippen MR) is 88.9 cm³/mol. The van der Waals surface area contributed by atoms with E-state index >= 15 is 0 Å². The Balaban J connectivity index is 1.73. The molecule has 0 aliphatic rings. The fraction of sp³-hybridized carbons (Fsp3) is 0.125. The van der Waals surface area contributed by atoms with Gasteiger partial charge in [-0.25, -0.2) is 8.78 Å². The van der Waals surface area contributed by atoms with E-state index in [1.807, 2.05) is 30.3 Å². The largest absolute Gasteiger partial charge is 0.359 e. The standard InChI is InChI=1S/C16H15F2N3OS/c17-13-7-6-12(8-14(13)18)21-15(22)10-20-16(23)19-9-11-4-2-1-3-5-11/h1-8H,9-10H2,(H,21,22)(H2,19,20,23). The number of amides is 1. The van der Waals surface area contributed by atoms with Crippen LogP contribution in [0.15, 0.2) is 48.5 Å². The van der Waals surface area contributed by atoms with Crippen molar-refractivity contribution in [1.82, 2.24) is 10.6 Å². The van der Waals surface area contributed by atoms with Gasteiger partial charge in [-0.15, -0.1) is 0 Å². The second kappa shape index (κ2) is 8.19. The second-order valence-corrected chi connectivity index (χ2v) is 5.11. The minimum absolute atomic E-state index is 0.0837. The first-order valence-corrected chi connectivity index (χ1v) is 7.26. The Kier molecular flexibility index (Phi) is 5.99. The van der Waals surface area contributed by atoms with Gasteiger partial charge in [0.15, 0.2) is 16.7 Å². The normalized spacial score (nSPS) is 10.0. The third kappa shape index (κ3) is 5.63. The van der Waals surface area contributed by atoms with E-state index in [1.165, 1.54) is 6.07 Å². The van der Waals surface area contributed by atoms with Gasteiger partial charge in [0.25, 0.3) is 0 Å². The number of thiocarbonyl (C=S) groups is 1. The Morgan fingerprint density at radius 3 is 2.43 bits per heavy atom. The van der Waals surface area contributed by atoms with Crippen LogP contribution >= 0.6 is 12.2 Å². The lowest BCUT2D eigenvalue weighted by atomic mass is 10.2. The number of halogens is 2. The zero-order chi connectivity index (χ0) is 16.7. The maximum atomic E-state index is 13.0. The van der Waals surface area contributed by atoms with E-state index < -0.39 is 17.5 Å². The summed E-state index contributed by atoms with van der Waals surface area (Å²) in [7, 11) is 0. The zero-order valence-corrected chi connectivity index (χ0v) is 12.9. The molecule has 2 aromatic rings. The summed E-state index contributed by atoms with van der Waals surface area (Å²) in [5.74, 6) is -2.40. The highest BCUT2D eigenvalue weighted by Crippen LogP contribution is 2.12. The van der Waals surface area contributed by atoms with Crippen LogP contribution in [0.4, 0.5) is 14.5 Å². The Hall–Kier alpha value is -2.54. The first-order valence-electron chi connectivity index (χ1n) is 6.85. The maximum absolute atomic E-state index is 13.0. The molecule has 0 aliphatic heterocycles. The molecule has 120 valence electrons. The van der Waals surface area contributed by atoms with Crippen molar-refractivity contribution in [2.75, 3.05) is 11.9 Å². The number of hydrogen-bond donors (Lipinski definition) is 3. The van der Waals surface area contributed by atoms with Crippen LogP contribution in [0, 0.1) is 11.6 Å². The summed E-state index contributed by atoms with van der Waals surface area (Å²) in [5, 5.41) is 8.48. The Labute approximate surface area is 137 Å². The minimum Gasteiger partial charge on any atom is -0.359 e. The SMILES string of the molecule is O=C(CNC(=S)NCc1ccccc1)Nc1ccc(F)c(F)c1. The summed E-state index contributed by atoms with van der Waals surface area (Å²) >= 11 is 5.06. The lowest BCUT2D eigenvalue weighted by molar-refractivity contribution is -0.115. The number of nitrogens with one attached hydrogen (secondary N) is 3. The van der Waals surface area contributed by atoms with Gasteiger partial charge in [0.05, 0.1) is 6.54 Å². The fourth-order valence-corrected chi connectivity index (χ4v) is 1.92. The van der Waals surface area contributed by atoms with Crippen molar-refractivity contribution in [3.63, 3.8) is 0 Å². The number of carbonyl (C=O) groups excluding carboxylic acids is 1. The molecule has 0 bridgehead atoms. The average molecular weight is 335 g/mol. The van der Waals surface area contributed by atoms with E-state index in [0.717, 1.165) is 17.7 Å². The molecule has 2 rings (SSSR count). The minimum atomic E-state index is -1.02. The van der Waals surface area contributed by atoms with E-state index in [9.17, 15) is 13.6 Å². The van der Waals surface area contributed by atoms with Gasteiger partial charge in [-0.1, -0.05) is 30.3 Å². The molecule has 0 heterocycles. The molecule has 0 atom stereocenters. The van der Waals surface area contributed by atoms with Crippen molar-refractivity contribution >= 4 is 28.9 Å². The van der Waals surface area contributed by atoms with E-state index in [4.69, 9.17) is 12.2 Å². The molecule has 1 amide bonds. The summed E-state index contributed by atoms with van der Waals surface area (Å²) < 4.78 is 25.8. The quantitative estimate of drug-likeness (QED) is 0.735. The number of rotatable bonds is 5. The summed E-state index contributed by atoms with van der Waals surface area (Å²) in [5.41, 5.74) is 1.24. The molecule has 2 aromatic carbocycles. The molecule has 3 N–H and O–H groups in total. The highest BCUT2D eigenvalue weighted by Gasteiger charge is 2.06.